The first-order valence-electron chi connectivity index (χ1n) is 13.8. The fourth-order valence-corrected chi connectivity index (χ4v) is 3.32. The van der Waals surface area contributed by atoms with Crippen LogP contribution in [0.1, 0.15) is 38.5 Å². The lowest BCUT2D eigenvalue weighted by Gasteiger charge is -2.21. The van der Waals surface area contributed by atoms with Crippen molar-refractivity contribution in [3.05, 3.63) is 0 Å². The van der Waals surface area contributed by atoms with Gasteiger partial charge in [0.1, 0.15) is 19.0 Å². The Hall–Kier alpha value is -1.42. The second-order valence-corrected chi connectivity index (χ2v) is 9.00. The Labute approximate surface area is 232 Å². The Balaban J connectivity index is 4.50. The van der Waals surface area contributed by atoms with Crippen LogP contribution in [0, 0.1) is 11.8 Å². The summed E-state index contributed by atoms with van der Waals surface area (Å²) in [6.45, 7) is 3.39. The van der Waals surface area contributed by atoms with E-state index in [1.807, 2.05) is 0 Å². The van der Waals surface area contributed by atoms with Gasteiger partial charge in [-0.2, -0.15) is 0 Å². The van der Waals surface area contributed by atoms with Gasteiger partial charge in [-0.3, -0.25) is 0 Å². The number of hydrogen-bond acceptors (Lipinski definition) is 12. The molecular formula is C26H51NO12. The van der Waals surface area contributed by atoms with E-state index in [0.29, 0.717) is 71.6 Å². The number of carbonyl (C=O) groups is 2. The summed E-state index contributed by atoms with van der Waals surface area (Å²) in [7, 11) is 0. The van der Waals surface area contributed by atoms with E-state index < -0.39 is 6.09 Å². The summed E-state index contributed by atoms with van der Waals surface area (Å²) < 4.78 is 33.6. The summed E-state index contributed by atoms with van der Waals surface area (Å²) >= 11 is 0. The molecule has 0 saturated heterocycles. The van der Waals surface area contributed by atoms with Gasteiger partial charge >= 0.3 is 6.09 Å². The summed E-state index contributed by atoms with van der Waals surface area (Å²) in [6, 6.07) is 0. The summed E-state index contributed by atoms with van der Waals surface area (Å²) in [6.07, 6.45) is 2.98. The van der Waals surface area contributed by atoms with Crippen molar-refractivity contribution in [1.29, 1.82) is 0 Å². The van der Waals surface area contributed by atoms with Crippen molar-refractivity contribution in [2.45, 2.75) is 44.6 Å². The third-order valence-electron chi connectivity index (χ3n) is 5.43. The summed E-state index contributed by atoms with van der Waals surface area (Å²) in [5.74, 6) is -0.131. The Morgan fingerprint density at radius 2 is 1.28 bits per heavy atom. The lowest BCUT2D eigenvalue weighted by Crippen LogP contribution is -2.31. The van der Waals surface area contributed by atoms with Crippen LogP contribution in [-0.4, -0.2) is 138 Å². The fraction of sp³-hybridized carbons (Fsp3) is 0.923. The van der Waals surface area contributed by atoms with Crippen molar-refractivity contribution in [2.24, 2.45) is 11.8 Å². The Bertz CT molecular complexity index is 543. The van der Waals surface area contributed by atoms with E-state index in [9.17, 15) is 14.7 Å². The number of ether oxygens (including phenoxy) is 6. The zero-order valence-corrected chi connectivity index (χ0v) is 23.2. The number of aliphatic hydroxyl groups excluding tert-OH is 4. The molecule has 39 heavy (non-hydrogen) atoms. The highest BCUT2D eigenvalue weighted by Gasteiger charge is 2.16. The Morgan fingerprint density at radius 3 is 1.95 bits per heavy atom. The highest BCUT2D eigenvalue weighted by molar-refractivity contribution is 5.67. The molecule has 3 atom stereocenters. The van der Waals surface area contributed by atoms with Crippen LogP contribution in [0.4, 0.5) is 4.79 Å². The van der Waals surface area contributed by atoms with Crippen LogP contribution >= 0.6 is 0 Å². The number of aldehydes is 1. The molecule has 0 aliphatic heterocycles. The van der Waals surface area contributed by atoms with Crippen molar-refractivity contribution in [1.82, 2.24) is 5.32 Å². The molecule has 0 aromatic heterocycles. The molecule has 232 valence electrons. The van der Waals surface area contributed by atoms with Gasteiger partial charge in [0.2, 0.25) is 0 Å². The number of carbonyl (C=O) groups excluding carboxylic acids is 2. The number of hydrogen-bond donors (Lipinski definition) is 5. The summed E-state index contributed by atoms with van der Waals surface area (Å²) in [5, 5.41) is 38.6. The molecule has 0 aliphatic rings. The van der Waals surface area contributed by atoms with Gasteiger partial charge < -0.3 is 59.0 Å². The van der Waals surface area contributed by atoms with E-state index in [1.165, 1.54) is 0 Å². The van der Waals surface area contributed by atoms with Crippen LogP contribution in [0.5, 0.6) is 0 Å². The van der Waals surface area contributed by atoms with Crippen LogP contribution in [0.15, 0.2) is 0 Å². The zero-order chi connectivity index (χ0) is 28.8. The first kappa shape index (κ1) is 37.6. The fourth-order valence-electron chi connectivity index (χ4n) is 3.32. The molecule has 0 radical (unpaired) electrons. The lowest BCUT2D eigenvalue weighted by molar-refractivity contribution is -0.107. The van der Waals surface area contributed by atoms with Crippen molar-refractivity contribution in [3.8, 4) is 0 Å². The van der Waals surface area contributed by atoms with Gasteiger partial charge in [-0.05, 0) is 38.0 Å². The first-order chi connectivity index (χ1) is 19.1. The van der Waals surface area contributed by atoms with Gasteiger partial charge in [0.05, 0.1) is 39.6 Å². The first-order valence-corrected chi connectivity index (χ1v) is 13.8. The highest BCUT2D eigenvalue weighted by Crippen LogP contribution is 2.12. The van der Waals surface area contributed by atoms with Gasteiger partial charge in [-0.25, -0.2) is 4.79 Å². The second kappa shape index (κ2) is 29.6. The smallest absolute Gasteiger partial charge is 0.407 e. The van der Waals surface area contributed by atoms with Crippen LogP contribution < -0.4 is 5.32 Å². The predicted octanol–water partition coefficient (Wildman–Crippen LogP) is -0.0947. The maximum Gasteiger partial charge on any atom is 0.407 e. The second-order valence-electron chi connectivity index (χ2n) is 9.00. The molecule has 0 aliphatic carbocycles. The standard InChI is InChI=1S/C26H51NO12/c28-8-1-5-23(6-12-32)17-37-19-24(20-39-26(33)27-7-2-9-29)18-35-15-16-36-22-25(38-14-4-11-31)21-34-13-3-10-30/h9,23-25,28,30-32H,1-8,10-22H2,(H,27,33). The SMILES string of the molecule is O=CCCNC(=O)OCC(COCCOCC(COCCCO)OCCCO)COCC(CCO)CCCO. The van der Waals surface area contributed by atoms with Crippen LogP contribution in [-0.2, 0) is 33.2 Å². The molecular weight excluding hydrogens is 518 g/mol. The number of amides is 1. The number of alkyl carbamates (subject to hydrolysis) is 1. The molecule has 13 nitrogen and oxygen atoms in total. The topological polar surface area (TPSA) is 182 Å². The molecule has 0 aromatic carbocycles. The van der Waals surface area contributed by atoms with E-state index in [4.69, 9.17) is 43.7 Å². The average molecular weight is 570 g/mol. The summed E-state index contributed by atoms with van der Waals surface area (Å²) in [4.78, 5) is 22.2. The maximum atomic E-state index is 11.8. The minimum atomic E-state index is -0.625. The number of aliphatic hydroxyl groups is 4. The Kier molecular flexibility index (Phi) is 28.5. The molecule has 13 heteroatoms. The quantitative estimate of drug-likeness (QED) is 0.0573. The predicted molar refractivity (Wildman–Crippen MR) is 141 cm³/mol. The van der Waals surface area contributed by atoms with Gasteiger partial charge in [-0.1, -0.05) is 0 Å². The van der Waals surface area contributed by atoms with Gasteiger partial charge in [-0.15, -0.1) is 0 Å². The maximum absolute atomic E-state index is 11.8. The van der Waals surface area contributed by atoms with E-state index >= 15 is 0 Å². The number of rotatable bonds is 30. The van der Waals surface area contributed by atoms with E-state index in [2.05, 4.69) is 5.32 Å². The third-order valence-corrected chi connectivity index (χ3v) is 5.43. The molecule has 0 aromatic rings. The average Bonchev–Trinajstić information content (AvgIpc) is 2.93. The molecule has 3 unspecified atom stereocenters. The van der Waals surface area contributed by atoms with Crippen molar-refractivity contribution in [2.75, 3.05) is 99.0 Å². The van der Waals surface area contributed by atoms with Gasteiger partial charge in [0, 0.05) is 65.1 Å². The summed E-state index contributed by atoms with van der Waals surface area (Å²) in [5.41, 5.74) is 0. The molecule has 0 fully saturated rings. The molecule has 0 saturated carbocycles. The zero-order valence-electron chi connectivity index (χ0n) is 23.2. The van der Waals surface area contributed by atoms with E-state index in [1.54, 1.807) is 0 Å². The normalized spacial score (nSPS) is 13.6. The van der Waals surface area contributed by atoms with Crippen molar-refractivity contribution in [3.63, 3.8) is 0 Å². The molecule has 0 rings (SSSR count). The van der Waals surface area contributed by atoms with E-state index in [0.717, 1.165) is 6.42 Å². The molecule has 0 bridgehead atoms. The largest absolute Gasteiger partial charge is 0.449 e. The molecule has 0 heterocycles. The lowest BCUT2D eigenvalue weighted by atomic mass is 10.0. The number of nitrogens with one attached hydrogen (secondary N) is 1. The Morgan fingerprint density at radius 1 is 0.667 bits per heavy atom. The minimum absolute atomic E-state index is 0.0343. The highest BCUT2D eigenvalue weighted by atomic mass is 16.6. The van der Waals surface area contributed by atoms with Crippen molar-refractivity contribution < 1.29 is 58.4 Å². The van der Waals surface area contributed by atoms with Crippen LogP contribution in [0.3, 0.4) is 0 Å². The minimum Gasteiger partial charge on any atom is -0.449 e. The monoisotopic (exact) mass is 569 g/mol. The van der Waals surface area contributed by atoms with Gasteiger partial charge in [0.25, 0.3) is 0 Å². The molecule has 0 spiro atoms. The van der Waals surface area contributed by atoms with E-state index in [-0.39, 0.29) is 83.8 Å². The van der Waals surface area contributed by atoms with Gasteiger partial charge in [0.15, 0.2) is 0 Å². The van der Waals surface area contributed by atoms with Crippen LogP contribution in [0.25, 0.3) is 0 Å². The van der Waals surface area contributed by atoms with Crippen LogP contribution in [0.2, 0.25) is 0 Å². The molecule has 1 amide bonds. The molecule has 5 N–H and O–H groups in total. The van der Waals surface area contributed by atoms with Crippen molar-refractivity contribution >= 4 is 12.4 Å². The third kappa shape index (κ3) is 25.3.